The molecule has 10 heteroatoms. The fraction of sp³-hybridized carbons (Fsp3) is 0.529. The average Bonchev–Trinajstić information content (AvgIpc) is 3.27. The summed E-state index contributed by atoms with van der Waals surface area (Å²) >= 11 is 0. The van der Waals surface area contributed by atoms with Gasteiger partial charge in [-0.3, -0.25) is 14.8 Å². The minimum absolute atomic E-state index is 0.0778. The molecule has 0 radical (unpaired) electrons. The molecule has 3 rings (SSSR count). The van der Waals surface area contributed by atoms with Crippen LogP contribution in [0.4, 0.5) is 13.2 Å². The van der Waals surface area contributed by atoms with E-state index in [0.717, 1.165) is 5.56 Å². The van der Waals surface area contributed by atoms with Crippen LogP contribution in [0, 0.1) is 0 Å². The molecule has 7 nitrogen and oxygen atoms in total. The number of fused-ring (bicyclic) bond motifs is 1. The topological polar surface area (TPSA) is 79.3 Å². The molecule has 2 heterocycles. The van der Waals surface area contributed by atoms with E-state index in [1.807, 2.05) is 0 Å². The van der Waals surface area contributed by atoms with Gasteiger partial charge in [0, 0.05) is 6.54 Å². The van der Waals surface area contributed by atoms with Crippen molar-refractivity contribution in [3.63, 3.8) is 0 Å². The second-order valence-corrected chi connectivity index (χ2v) is 6.58. The summed E-state index contributed by atoms with van der Waals surface area (Å²) in [4.78, 5) is 24.5. The molecule has 0 saturated carbocycles. The Hall–Kier alpha value is -2.49. The number of halogens is 3. The largest absolute Gasteiger partial charge is 0.471 e. The molecular formula is C17H19F3N2O5. The first-order chi connectivity index (χ1) is 12.7. The molecule has 2 aliphatic rings. The maximum absolute atomic E-state index is 12.7. The minimum Gasteiger partial charge on any atom is -0.454 e. The molecule has 0 spiro atoms. The third-order valence-electron chi connectivity index (χ3n) is 4.65. The van der Waals surface area contributed by atoms with Crippen molar-refractivity contribution in [2.75, 3.05) is 13.3 Å². The first-order valence-corrected chi connectivity index (χ1v) is 8.46. The Morgan fingerprint density at radius 2 is 2.04 bits per heavy atom. The molecule has 2 amide bonds. The van der Waals surface area contributed by atoms with Gasteiger partial charge in [-0.25, -0.2) is 5.06 Å². The Labute approximate surface area is 153 Å². The lowest BCUT2D eigenvalue weighted by atomic mass is 10.1. The number of hydroxylamine groups is 2. The maximum atomic E-state index is 12.7. The number of nitrogens with zero attached hydrogens (tertiary/aromatic N) is 2. The second-order valence-electron chi connectivity index (χ2n) is 6.58. The normalized spacial score (nSPS) is 19.9. The van der Waals surface area contributed by atoms with Gasteiger partial charge in [-0.2, -0.15) is 13.2 Å². The molecule has 2 atom stereocenters. The Morgan fingerprint density at radius 3 is 2.74 bits per heavy atom. The molecule has 1 N–H and O–H groups in total. The fourth-order valence-electron chi connectivity index (χ4n) is 3.29. The number of carbonyl (C=O) groups is 2. The predicted molar refractivity (Wildman–Crippen MR) is 85.2 cm³/mol. The van der Waals surface area contributed by atoms with Crippen LogP contribution in [0.25, 0.3) is 0 Å². The number of alkyl halides is 3. The summed E-state index contributed by atoms with van der Waals surface area (Å²) in [6.07, 6.45) is -4.46. The number of benzene rings is 1. The minimum atomic E-state index is -5.05. The van der Waals surface area contributed by atoms with Gasteiger partial charge in [0.2, 0.25) is 6.79 Å². The van der Waals surface area contributed by atoms with Crippen molar-refractivity contribution >= 4 is 11.8 Å². The predicted octanol–water partition coefficient (Wildman–Crippen LogP) is 2.12. The molecular weight excluding hydrogens is 369 g/mol. The Kier molecular flexibility index (Phi) is 5.18. The highest BCUT2D eigenvalue weighted by atomic mass is 19.4. The van der Waals surface area contributed by atoms with Crippen LogP contribution in [-0.4, -0.2) is 58.6 Å². The average molecular weight is 388 g/mol. The molecule has 1 aromatic rings. The Morgan fingerprint density at radius 1 is 1.33 bits per heavy atom. The first kappa shape index (κ1) is 19.3. The smallest absolute Gasteiger partial charge is 0.454 e. The van der Waals surface area contributed by atoms with Gasteiger partial charge in [0.1, 0.15) is 6.04 Å². The van der Waals surface area contributed by atoms with E-state index in [-0.39, 0.29) is 32.6 Å². The molecule has 0 aromatic heterocycles. The highest BCUT2D eigenvalue weighted by molar-refractivity contribution is 5.90. The van der Waals surface area contributed by atoms with Crippen molar-refractivity contribution in [2.45, 2.75) is 44.4 Å². The molecule has 1 aromatic carbocycles. The monoisotopic (exact) mass is 388 g/mol. The quantitative estimate of drug-likeness (QED) is 0.631. The van der Waals surface area contributed by atoms with Crippen LogP contribution in [0.1, 0.15) is 25.3 Å². The molecule has 1 saturated heterocycles. The summed E-state index contributed by atoms with van der Waals surface area (Å²) in [5.41, 5.74) is 0.758. The van der Waals surface area contributed by atoms with Crippen molar-refractivity contribution in [1.82, 2.24) is 9.96 Å². The highest BCUT2D eigenvalue weighted by Crippen LogP contribution is 2.33. The zero-order valence-corrected chi connectivity index (χ0v) is 14.5. The van der Waals surface area contributed by atoms with E-state index in [1.165, 1.54) is 0 Å². The van der Waals surface area contributed by atoms with Gasteiger partial charge in [-0.1, -0.05) is 6.07 Å². The van der Waals surface area contributed by atoms with Gasteiger partial charge in [0.05, 0.1) is 6.04 Å². The molecule has 0 bridgehead atoms. The van der Waals surface area contributed by atoms with E-state index in [9.17, 15) is 28.0 Å². The van der Waals surface area contributed by atoms with Crippen LogP contribution >= 0.6 is 0 Å². The van der Waals surface area contributed by atoms with Gasteiger partial charge in [-0.15, -0.1) is 0 Å². The third kappa shape index (κ3) is 3.95. The Balaban J connectivity index is 1.66. The van der Waals surface area contributed by atoms with Gasteiger partial charge in [0.15, 0.2) is 11.5 Å². The summed E-state index contributed by atoms with van der Waals surface area (Å²) in [5.74, 6) is -1.84. The van der Waals surface area contributed by atoms with Crippen LogP contribution in [0.15, 0.2) is 18.2 Å². The van der Waals surface area contributed by atoms with E-state index in [1.54, 1.807) is 25.1 Å². The lowest BCUT2D eigenvalue weighted by molar-refractivity contribution is -0.193. The number of hydrogen-bond acceptors (Lipinski definition) is 5. The van der Waals surface area contributed by atoms with Crippen molar-refractivity contribution in [1.29, 1.82) is 0 Å². The van der Waals surface area contributed by atoms with E-state index in [2.05, 4.69) is 0 Å². The van der Waals surface area contributed by atoms with Crippen LogP contribution < -0.4 is 9.47 Å². The van der Waals surface area contributed by atoms with E-state index in [0.29, 0.717) is 21.5 Å². The summed E-state index contributed by atoms with van der Waals surface area (Å²) in [5, 5.41) is 10.6. The van der Waals surface area contributed by atoms with Gasteiger partial charge < -0.3 is 14.4 Å². The van der Waals surface area contributed by atoms with Gasteiger partial charge >= 0.3 is 12.1 Å². The highest BCUT2D eigenvalue weighted by Gasteiger charge is 2.48. The summed E-state index contributed by atoms with van der Waals surface area (Å²) in [7, 11) is 0. The van der Waals surface area contributed by atoms with E-state index in [4.69, 9.17) is 9.47 Å². The molecule has 1 fully saturated rings. The zero-order valence-electron chi connectivity index (χ0n) is 14.5. The van der Waals surface area contributed by atoms with E-state index >= 15 is 0 Å². The molecule has 0 aliphatic carbocycles. The summed E-state index contributed by atoms with van der Waals surface area (Å²) in [6, 6.07) is 3.14. The summed E-state index contributed by atoms with van der Waals surface area (Å²) < 4.78 is 48.6. The second kappa shape index (κ2) is 7.26. The SMILES string of the molecule is CC(Cc1ccc2c(c1)OCO2)N(O)C(=O)C1CCCN1C(=O)C(F)(F)F. The van der Waals surface area contributed by atoms with Crippen LogP contribution in [-0.2, 0) is 16.0 Å². The summed E-state index contributed by atoms with van der Waals surface area (Å²) in [6.45, 7) is 1.51. The van der Waals surface area contributed by atoms with Gasteiger partial charge in [0.25, 0.3) is 5.91 Å². The zero-order chi connectivity index (χ0) is 19.8. The molecule has 27 heavy (non-hydrogen) atoms. The Bertz CT molecular complexity index is 740. The lowest BCUT2D eigenvalue weighted by Gasteiger charge is -2.30. The first-order valence-electron chi connectivity index (χ1n) is 8.46. The van der Waals surface area contributed by atoms with Crippen LogP contribution in [0.3, 0.4) is 0 Å². The van der Waals surface area contributed by atoms with Crippen molar-refractivity contribution < 1.29 is 37.4 Å². The number of likely N-dealkylation sites (tertiary alicyclic amines) is 1. The lowest BCUT2D eigenvalue weighted by Crippen LogP contribution is -2.52. The number of rotatable bonds is 4. The van der Waals surface area contributed by atoms with Crippen LogP contribution in [0.5, 0.6) is 11.5 Å². The molecule has 2 unspecified atom stereocenters. The number of hydrogen-bond donors (Lipinski definition) is 1. The van der Waals surface area contributed by atoms with Crippen molar-refractivity contribution in [3.8, 4) is 11.5 Å². The number of carbonyl (C=O) groups excluding carboxylic acids is 2. The third-order valence-corrected chi connectivity index (χ3v) is 4.65. The number of ether oxygens (including phenoxy) is 2. The van der Waals surface area contributed by atoms with E-state index < -0.39 is 30.1 Å². The standard InChI is InChI=1S/C17H19F3N2O5/c1-10(7-11-4-5-13-14(8-11)27-9-26-13)22(25)15(23)12-3-2-6-21(12)16(24)17(18,19)20/h4-5,8,10,12,25H,2-3,6-7,9H2,1H3. The van der Waals surface area contributed by atoms with Crippen molar-refractivity contribution in [3.05, 3.63) is 23.8 Å². The molecule has 2 aliphatic heterocycles. The van der Waals surface area contributed by atoms with Crippen LogP contribution in [0.2, 0.25) is 0 Å². The maximum Gasteiger partial charge on any atom is 0.471 e. The van der Waals surface area contributed by atoms with Gasteiger partial charge in [-0.05, 0) is 43.9 Å². The fourth-order valence-corrected chi connectivity index (χ4v) is 3.29. The van der Waals surface area contributed by atoms with Crippen molar-refractivity contribution in [2.24, 2.45) is 0 Å². The molecule has 148 valence electrons. The number of amides is 2.